The van der Waals surface area contributed by atoms with Crippen LogP contribution in [0.1, 0.15) is 30.1 Å². The van der Waals surface area contributed by atoms with Crippen LogP contribution in [0.2, 0.25) is 10.0 Å². The molecule has 1 fully saturated rings. The number of primary sulfonamides is 1. The highest BCUT2D eigenvalue weighted by Crippen LogP contribution is 2.33. The van der Waals surface area contributed by atoms with Gasteiger partial charge in [0.15, 0.2) is 0 Å². The number of nitrogens with zero attached hydrogens (tertiary/aromatic N) is 1. The van der Waals surface area contributed by atoms with Crippen molar-refractivity contribution in [2.45, 2.75) is 30.7 Å². The number of carbonyl (C=O) groups is 1. The van der Waals surface area contributed by atoms with Crippen LogP contribution in [0.15, 0.2) is 17.0 Å². The van der Waals surface area contributed by atoms with Crippen LogP contribution in [-0.2, 0) is 10.0 Å². The van der Waals surface area contributed by atoms with Crippen molar-refractivity contribution in [3.05, 3.63) is 27.7 Å². The van der Waals surface area contributed by atoms with E-state index in [1.165, 1.54) is 6.07 Å². The Morgan fingerprint density at radius 2 is 2.00 bits per heavy atom. The third kappa shape index (κ3) is 3.09. The normalized spacial score (nSPS) is 15.2. The summed E-state index contributed by atoms with van der Waals surface area (Å²) in [5.74, 6) is -0.326. The molecule has 0 atom stereocenters. The summed E-state index contributed by atoms with van der Waals surface area (Å²) >= 11 is 11.9. The van der Waals surface area contributed by atoms with Gasteiger partial charge in [0.05, 0.1) is 20.5 Å². The molecule has 0 spiro atoms. The van der Waals surface area contributed by atoms with Gasteiger partial charge in [-0.3, -0.25) is 4.79 Å². The second-order valence-corrected chi connectivity index (χ2v) is 6.98. The molecule has 1 aromatic carbocycles. The molecule has 0 unspecified atom stereocenters. The van der Waals surface area contributed by atoms with Crippen molar-refractivity contribution in [1.29, 1.82) is 0 Å². The van der Waals surface area contributed by atoms with E-state index in [1.54, 1.807) is 4.90 Å². The quantitative estimate of drug-likeness (QED) is 0.915. The Labute approximate surface area is 127 Å². The van der Waals surface area contributed by atoms with E-state index in [9.17, 15) is 13.2 Å². The second-order valence-electron chi connectivity index (χ2n) is 4.63. The Kier molecular flexibility index (Phi) is 4.30. The molecule has 1 amide bonds. The third-order valence-corrected chi connectivity index (χ3v) is 4.84. The van der Waals surface area contributed by atoms with Gasteiger partial charge in [0.1, 0.15) is 0 Å². The van der Waals surface area contributed by atoms with Crippen molar-refractivity contribution >= 4 is 39.1 Å². The number of carbonyl (C=O) groups excluding carboxylic acids is 1. The van der Waals surface area contributed by atoms with E-state index in [1.807, 2.05) is 6.92 Å². The van der Waals surface area contributed by atoms with Gasteiger partial charge in [0, 0.05) is 12.6 Å². The lowest BCUT2D eigenvalue weighted by Crippen LogP contribution is -2.33. The first-order valence-corrected chi connectivity index (χ1v) is 8.38. The fourth-order valence-corrected chi connectivity index (χ4v) is 3.03. The summed E-state index contributed by atoms with van der Waals surface area (Å²) in [5, 5.41) is 5.11. The molecule has 0 aromatic heterocycles. The first kappa shape index (κ1) is 15.6. The average molecular weight is 337 g/mol. The van der Waals surface area contributed by atoms with Gasteiger partial charge >= 0.3 is 0 Å². The maximum Gasteiger partial charge on any atom is 0.255 e. The van der Waals surface area contributed by atoms with Crippen molar-refractivity contribution in [2.75, 3.05) is 6.54 Å². The van der Waals surface area contributed by atoms with Gasteiger partial charge in [0.25, 0.3) is 5.91 Å². The average Bonchev–Trinajstić information content (AvgIpc) is 3.16. The first-order chi connectivity index (χ1) is 9.25. The summed E-state index contributed by atoms with van der Waals surface area (Å²) in [4.78, 5) is 13.9. The number of hydrogen-bond donors (Lipinski definition) is 1. The fourth-order valence-electron chi connectivity index (χ4n) is 1.99. The summed E-state index contributed by atoms with van der Waals surface area (Å²) in [5.41, 5.74) is 0.0666. The van der Waals surface area contributed by atoms with E-state index in [2.05, 4.69) is 0 Å². The highest BCUT2D eigenvalue weighted by Gasteiger charge is 2.33. The van der Waals surface area contributed by atoms with Gasteiger partial charge in [-0.15, -0.1) is 0 Å². The molecule has 1 aromatic rings. The number of benzene rings is 1. The maximum atomic E-state index is 12.5. The van der Waals surface area contributed by atoms with E-state index in [0.717, 1.165) is 18.9 Å². The van der Waals surface area contributed by atoms with Gasteiger partial charge in [-0.25, -0.2) is 13.6 Å². The number of rotatable bonds is 4. The summed E-state index contributed by atoms with van der Waals surface area (Å²) in [6.45, 7) is 2.38. The molecule has 0 heterocycles. The number of sulfonamides is 1. The molecule has 2 N–H and O–H groups in total. The second kappa shape index (κ2) is 5.52. The van der Waals surface area contributed by atoms with Crippen molar-refractivity contribution in [3.8, 4) is 0 Å². The predicted octanol–water partition coefficient (Wildman–Crippen LogP) is 2.27. The van der Waals surface area contributed by atoms with Gasteiger partial charge in [-0.2, -0.15) is 0 Å². The highest BCUT2D eigenvalue weighted by atomic mass is 35.5. The van der Waals surface area contributed by atoms with E-state index >= 15 is 0 Å². The topological polar surface area (TPSA) is 80.5 Å². The van der Waals surface area contributed by atoms with Crippen LogP contribution in [0.25, 0.3) is 0 Å². The van der Waals surface area contributed by atoms with Crippen molar-refractivity contribution < 1.29 is 13.2 Å². The summed E-state index contributed by atoms with van der Waals surface area (Å²) in [6.07, 6.45) is 1.89. The molecular formula is C12H14Cl2N2O3S. The summed E-state index contributed by atoms with van der Waals surface area (Å²) in [6, 6.07) is 2.51. The summed E-state index contributed by atoms with van der Waals surface area (Å²) in [7, 11) is -3.95. The summed E-state index contributed by atoms with van der Waals surface area (Å²) < 4.78 is 22.8. The van der Waals surface area contributed by atoms with E-state index in [0.29, 0.717) is 6.54 Å². The van der Waals surface area contributed by atoms with E-state index < -0.39 is 10.0 Å². The van der Waals surface area contributed by atoms with Gasteiger partial charge in [-0.1, -0.05) is 23.2 Å². The molecule has 0 radical (unpaired) electrons. The minimum atomic E-state index is -3.95. The van der Waals surface area contributed by atoms with E-state index in [4.69, 9.17) is 28.3 Å². The molecule has 20 heavy (non-hydrogen) atoms. The minimum Gasteiger partial charge on any atom is -0.336 e. The van der Waals surface area contributed by atoms with Crippen LogP contribution in [0.5, 0.6) is 0 Å². The first-order valence-electron chi connectivity index (χ1n) is 6.08. The molecule has 5 nitrogen and oxygen atoms in total. The molecule has 0 saturated heterocycles. The third-order valence-electron chi connectivity index (χ3n) is 3.15. The lowest BCUT2D eigenvalue weighted by atomic mass is 10.2. The Morgan fingerprint density at radius 3 is 2.45 bits per heavy atom. The number of halogens is 2. The van der Waals surface area contributed by atoms with Gasteiger partial charge in [0.2, 0.25) is 10.0 Å². The van der Waals surface area contributed by atoms with Crippen LogP contribution < -0.4 is 5.14 Å². The Hall–Kier alpha value is -0.820. The molecule has 2 rings (SSSR count). The smallest absolute Gasteiger partial charge is 0.255 e. The Morgan fingerprint density at radius 1 is 1.40 bits per heavy atom. The molecule has 1 aliphatic rings. The molecule has 1 saturated carbocycles. The van der Waals surface area contributed by atoms with Gasteiger partial charge < -0.3 is 4.90 Å². The predicted molar refractivity (Wildman–Crippen MR) is 77.6 cm³/mol. The fraction of sp³-hybridized carbons (Fsp3) is 0.417. The molecule has 1 aliphatic carbocycles. The van der Waals surface area contributed by atoms with Crippen LogP contribution in [0, 0.1) is 0 Å². The minimum absolute atomic E-state index is 0.00612. The largest absolute Gasteiger partial charge is 0.336 e. The monoisotopic (exact) mass is 336 g/mol. The van der Waals surface area contributed by atoms with Crippen molar-refractivity contribution in [3.63, 3.8) is 0 Å². The molecular weight excluding hydrogens is 323 g/mol. The highest BCUT2D eigenvalue weighted by molar-refractivity contribution is 7.89. The molecule has 8 heteroatoms. The molecule has 0 bridgehead atoms. The Bertz CT molecular complexity index is 657. The SMILES string of the molecule is CCN(C(=O)c1cc(S(N)(=O)=O)cc(Cl)c1Cl)C1CC1. The number of amides is 1. The zero-order chi connectivity index (χ0) is 15.1. The van der Waals surface area contributed by atoms with Crippen LogP contribution in [0.3, 0.4) is 0 Å². The standard InChI is InChI=1S/C12H14Cl2N2O3S/c1-2-16(7-3-4-7)12(17)9-5-8(20(15,18)19)6-10(13)11(9)14/h5-7H,2-4H2,1H3,(H2,15,18,19). The lowest BCUT2D eigenvalue weighted by Gasteiger charge is -2.21. The number of hydrogen-bond acceptors (Lipinski definition) is 3. The van der Waals surface area contributed by atoms with Crippen LogP contribution in [-0.4, -0.2) is 31.8 Å². The van der Waals surface area contributed by atoms with Crippen molar-refractivity contribution in [1.82, 2.24) is 4.90 Å². The Balaban J connectivity index is 2.49. The van der Waals surface area contributed by atoms with E-state index in [-0.39, 0.29) is 32.5 Å². The van der Waals surface area contributed by atoms with Crippen molar-refractivity contribution in [2.24, 2.45) is 5.14 Å². The zero-order valence-electron chi connectivity index (χ0n) is 10.8. The maximum absolute atomic E-state index is 12.5. The zero-order valence-corrected chi connectivity index (χ0v) is 13.1. The van der Waals surface area contributed by atoms with Gasteiger partial charge in [-0.05, 0) is 31.9 Å². The van der Waals surface area contributed by atoms with Crippen LogP contribution in [0.4, 0.5) is 0 Å². The lowest BCUT2D eigenvalue weighted by molar-refractivity contribution is 0.0752. The molecule has 110 valence electrons. The van der Waals surface area contributed by atoms with Crippen LogP contribution >= 0.6 is 23.2 Å². The molecule has 0 aliphatic heterocycles. The number of nitrogens with two attached hydrogens (primary N) is 1.